The summed E-state index contributed by atoms with van der Waals surface area (Å²) < 4.78 is 1.88. The van der Waals surface area contributed by atoms with Gasteiger partial charge in [-0.25, -0.2) is 0 Å². The average Bonchev–Trinajstić information content (AvgIpc) is 2.10. The lowest BCUT2D eigenvalue weighted by Gasteiger charge is -2.22. The van der Waals surface area contributed by atoms with Crippen molar-refractivity contribution >= 4 is 0 Å². The first-order valence-corrected chi connectivity index (χ1v) is 3.86. The van der Waals surface area contributed by atoms with Crippen molar-refractivity contribution in [1.82, 2.24) is 9.78 Å². The van der Waals surface area contributed by atoms with Gasteiger partial charge in [0.25, 0.3) is 0 Å². The Bertz CT molecular complexity index is 223. The topological polar surface area (TPSA) is 17.8 Å². The van der Waals surface area contributed by atoms with Crippen molar-refractivity contribution in [2.45, 2.75) is 25.2 Å². The largest absolute Gasteiger partial charge is 0.276 e. The SMILES string of the molecule is Cn1ccc(C2CCC2)n1. The van der Waals surface area contributed by atoms with Gasteiger partial charge < -0.3 is 0 Å². The average molecular weight is 136 g/mol. The van der Waals surface area contributed by atoms with E-state index >= 15 is 0 Å². The lowest BCUT2D eigenvalue weighted by molar-refractivity contribution is 0.408. The fourth-order valence-electron chi connectivity index (χ4n) is 1.35. The summed E-state index contributed by atoms with van der Waals surface area (Å²) in [5.74, 6) is 0.779. The molecule has 2 nitrogen and oxygen atoms in total. The highest BCUT2D eigenvalue weighted by atomic mass is 15.2. The van der Waals surface area contributed by atoms with Crippen LogP contribution in [-0.4, -0.2) is 9.78 Å². The summed E-state index contributed by atoms with van der Waals surface area (Å²) in [6.07, 6.45) is 6.10. The van der Waals surface area contributed by atoms with Crippen molar-refractivity contribution in [3.63, 3.8) is 0 Å². The smallest absolute Gasteiger partial charge is 0.0655 e. The Morgan fingerprint density at radius 1 is 1.60 bits per heavy atom. The van der Waals surface area contributed by atoms with Crippen molar-refractivity contribution in [2.75, 3.05) is 0 Å². The van der Waals surface area contributed by atoms with Gasteiger partial charge in [-0.1, -0.05) is 6.42 Å². The molecule has 0 aliphatic heterocycles. The molecule has 1 heterocycles. The first-order chi connectivity index (χ1) is 4.86. The second-order valence-electron chi connectivity index (χ2n) is 3.04. The van der Waals surface area contributed by atoms with Crippen LogP contribution in [0.1, 0.15) is 30.9 Å². The fraction of sp³-hybridized carbons (Fsp3) is 0.625. The summed E-state index contributed by atoms with van der Waals surface area (Å²) in [6, 6.07) is 2.13. The van der Waals surface area contributed by atoms with Gasteiger partial charge in [0.1, 0.15) is 0 Å². The molecule has 1 aliphatic carbocycles. The molecule has 10 heavy (non-hydrogen) atoms. The molecule has 1 aliphatic rings. The molecule has 1 fully saturated rings. The van der Waals surface area contributed by atoms with Crippen LogP contribution in [0.15, 0.2) is 12.3 Å². The molecule has 0 bridgehead atoms. The Labute approximate surface area is 60.9 Å². The molecule has 0 amide bonds. The van der Waals surface area contributed by atoms with Crippen LogP contribution in [0.5, 0.6) is 0 Å². The fourth-order valence-corrected chi connectivity index (χ4v) is 1.35. The minimum absolute atomic E-state index is 0.779. The van der Waals surface area contributed by atoms with Crippen molar-refractivity contribution in [3.05, 3.63) is 18.0 Å². The van der Waals surface area contributed by atoms with Gasteiger partial charge in [0.15, 0.2) is 0 Å². The maximum atomic E-state index is 4.35. The number of rotatable bonds is 1. The number of aryl methyl sites for hydroxylation is 1. The van der Waals surface area contributed by atoms with E-state index in [4.69, 9.17) is 0 Å². The van der Waals surface area contributed by atoms with Crippen molar-refractivity contribution in [1.29, 1.82) is 0 Å². The summed E-state index contributed by atoms with van der Waals surface area (Å²) in [7, 11) is 1.97. The van der Waals surface area contributed by atoms with E-state index in [-0.39, 0.29) is 0 Å². The molecule has 0 atom stereocenters. The first-order valence-electron chi connectivity index (χ1n) is 3.86. The molecule has 0 radical (unpaired) electrons. The zero-order chi connectivity index (χ0) is 6.97. The van der Waals surface area contributed by atoms with Crippen molar-refractivity contribution in [3.8, 4) is 0 Å². The zero-order valence-electron chi connectivity index (χ0n) is 6.25. The van der Waals surface area contributed by atoms with Gasteiger partial charge in [0.2, 0.25) is 0 Å². The van der Waals surface area contributed by atoms with Crippen LogP contribution < -0.4 is 0 Å². The Morgan fingerprint density at radius 2 is 2.40 bits per heavy atom. The summed E-state index contributed by atoms with van der Waals surface area (Å²) in [4.78, 5) is 0. The van der Waals surface area contributed by atoms with Crippen LogP contribution in [0.2, 0.25) is 0 Å². The third-order valence-electron chi connectivity index (χ3n) is 2.26. The van der Waals surface area contributed by atoms with Crippen LogP contribution in [-0.2, 0) is 7.05 Å². The Hall–Kier alpha value is -0.790. The van der Waals surface area contributed by atoms with E-state index in [0.29, 0.717) is 0 Å². The molecule has 0 aromatic carbocycles. The first kappa shape index (κ1) is 5.96. The van der Waals surface area contributed by atoms with Gasteiger partial charge in [0.05, 0.1) is 5.69 Å². The predicted octanol–water partition coefficient (Wildman–Crippen LogP) is 1.69. The molecule has 0 spiro atoms. The highest BCUT2D eigenvalue weighted by molar-refractivity contribution is 5.08. The lowest BCUT2D eigenvalue weighted by Crippen LogP contribution is -2.09. The molecule has 2 heteroatoms. The highest BCUT2D eigenvalue weighted by Crippen LogP contribution is 2.34. The summed E-state index contributed by atoms with van der Waals surface area (Å²) >= 11 is 0. The third-order valence-corrected chi connectivity index (χ3v) is 2.26. The van der Waals surface area contributed by atoms with Crippen molar-refractivity contribution < 1.29 is 0 Å². The monoisotopic (exact) mass is 136 g/mol. The highest BCUT2D eigenvalue weighted by Gasteiger charge is 2.20. The van der Waals surface area contributed by atoms with Gasteiger partial charge >= 0.3 is 0 Å². The summed E-state index contributed by atoms with van der Waals surface area (Å²) in [5, 5.41) is 4.35. The molecule has 2 rings (SSSR count). The van der Waals surface area contributed by atoms with Crippen LogP contribution in [0.4, 0.5) is 0 Å². The molecule has 1 aromatic heterocycles. The van der Waals surface area contributed by atoms with Crippen LogP contribution in [0.25, 0.3) is 0 Å². The van der Waals surface area contributed by atoms with E-state index in [9.17, 15) is 0 Å². The van der Waals surface area contributed by atoms with Gasteiger partial charge in [-0.05, 0) is 18.9 Å². The zero-order valence-corrected chi connectivity index (χ0v) is 6.25. The van der Waals surface area contributed by atoms with Crippen LogP contribution >= 0.6 is 0 Å². The van der Waals surface area contributed by atoms with Gasteiger partial charge in [0, 0.05) is 19.2 Å². The predicted molar refractivity (Wildman–Crippen MR) is 39.8 cm³/mol. The van der Waals surface area contributed by atoms with Crippen molar-refractivity contribution in [2.24, 2.45) is 7.05 Å². The Morgan fingerprint density at radius 3 is 2.80 bits per heavy atom. The molecule has 0 N–H and O–H groups in total. The Kier molecular flexibility index (Phi) is 1.26. The maximum Gasteiger partial charge on any atom is 0.0655 e. The number of hydrogen-bond acceptors (Lipinski definition) is 1. The minimum Gasteiger partial charge on any atom is -0.276 e. The maximum absolute atomic E-state index is 4.35. The lowest BCUT2D eigenvalue weighted by atomic mass is 9.83. The van der Waals surface area contributed by atoms with Gasteiger partial charge in [-0.15, -0.1) is 0 Å². The number of aromatic nitrogens is 2. The number of hydrogen-bond donors (Lipinski definition) is 0. The summed E-state index contributed by atoms with van der Waals surface area (Å²) in [5.41, 5.74) is 1.29. The second-order valence-corrected chi connectivity index (χ2v) is 3.04. The molecule has 1 aromatic rings. The van der Waals surface area contributed by atoms with E-state index in [1.54, 1.807) is 0 Å². The molecule has 54 valence electrons. The van der Waals surface area contributed by atoms with E-state index in [0.717, 1.165) is 5.92 Å². The standard InChI is InChI=1S/C8H12N2/c1-10-6-5-8(9-10)7-3-2-4-7/h5-7H,2-4H2,1H3. The quantitative estimate of drug-likeness (QED) is 0.574. The van der Waals surface area contributed by atoms with Gasteiger partial charge in [-0.3, -0.25) is 4.68 Å². The van der Waals surface area contributed by atoms with E-state index in [1.807, 2.05) is 17.9 Å². The molecule has 0 unspecified atom stereocenters. The van der Waals surface area contributed by atoms with Crippen LogP contribution in [0.3, 0.4) is 0 Å². The number of nitrogens with zero attached hydrogens (tertiary/aromatic N) is 2. The molecule has 1 saturated carbocycles. The summed E-state index contributed by atoms with van der Waals surface area (Å²) in [6.45, 7) is 0. The van der Waals surface area contributed by atoms with E-state index < -0.39 is 0 Å². The van der Waals surface area contributed by atoms with E-state index in [1.165, 1.54) is 25.0 Å². The Balaban J connectivity index is 2.17. The molecular weight excluding hydrogens is 124 g/mol. The van der Waals surface area contributed by atoms with Crippen LogP contribution in [0, 0.1) is 0 Å². The van der Waals surface area contributed by atoms with Gasteiger partial charge in [-0.2, -0.15) is 5.10 Å². The van der Waals surface area contributed by atoms with E-state index in [2.05, 4.69) is 11.2 Å². The normalized spacial score (nSPS) is 18.9. The molecular formula is C8H12N2. The second kappa shape index (κ2) is 2.11. The third kappa shape index (κ3) is 0.838. The minimum atomic E-state index is 0.779. The molecule has 0 saturated heterocycles.